The van der Waals surface area contributed by atoms with Crippen LogP contribution in [0.5, 0.6) is 0 Å². The predicted octanol–water partition coefficient (Wildman–Crippen LogP) is 3.38. The summed E-state index contributed by atoms with van der Waals surface area (Å²) < 4.78 is 7.52. The predicted molar refractivity (Wildman–Crippen MR) is 55.8 cm³/mol. The largest absolute Gasteiger partial charge is 0.413 e. The van der Waals surface area contributed by atoms with Crippen molar-refractivity contribution >= 4 is 53.5 Å². The average molecular weight is 310 g/mol. The maximum atomic E-state index is 10.9. The second-order valence-corrected chi connectivity index (χ2v) is 4.92. The van der Waals surface area contributed by atoms with E-state index < -0.39 is 0 Å². The number of hydrogen-bond acceptors (Lipinski definition) is 3. The highest BCUT2D eigenvalue weighted by Gasteiger charge is 2.06. The summed E-state index contributed by atoms with van der Waals surface area (Å²) in [7, 11) is 0. The summed E-state index contributed by atoms with van der Waals surface area (Å²) >= 11 is 7.73. The van der Waals surface area contributed by atoms with Crippen LogP contribution < -0.4 is 4.94 Å². The van der Waals surface area contributed by atoms with E-state index in [-0.39, 0.29) is 4.94 Å². The molecule has 0 amide bonds. The highest BCUT2D eigenvalue weighted by atomic mass is 79.9. The maximum absolute atomic E-state index is 10.9. The maximum Gasteiger partial charge on any atom is 0.396 e. The summed E-state index contributed by atoms with van der Waals surface area (Å²) in [6, 6.07) is 3.70. The number of hydrogen-bond donors (Lipinski definition) is 0. The Kier molecular flexibility index (Phi) is 2.10. The van der Waals surface area contributed by atoms with Crippen LogP contribution in [0.3, 0.4) is 0 Å². The molecule has 0 spiro atoms. The van der Waals surface area contributed by atoms with E-state index in [1.54, 1.807) is 0 Å². The van der Waals surface area contributed by atoms with Crippen molar-refractivity contribution in [1.82, 2.24) is 0 Å². The molecule has 0 saturated carbocycles. The van der Waals surface area contributed by atoms with Gasteiger partial charge in [-0.3, -0.25) is 0 Å². The van der Waals surface area contributed by atoms with Gasteiger partial charge in [0.25, 0.3) is 0 Å². The Balaban J connectivity index is 2.97. The first-order chi connectivity index (χ1) is 5.66. The van der Waals surface area contributed by atoms with Gasteiger partial charge in [-0.25, -0.2) is 4.79 Å². The van der Waals surface area contributed by atoms with Crippen LogP contribution in [-0.2, 0) is 0 Å². The Hall–Kier alpha value is -0.130. The second-order valence-electron chi connectivity index (χ2n) is 2.17. The standard InChI is InChI=1S/C7H2Br2O2S/c8-3-1-4(9)6-5(2-3)12-7(10)11-6/h1-2H. The summed E-state index contributed by atoms with van der Waals surface area (Å²) in [6.07, 6.45) is 0. The van der Waals surface area contributed by atoms with Crippen molar-refractivity contribution in [3.63, 3.8) is 0 Å². The summed E-state index contributed by atoms with van der Waals surface area (Å²) in [5.74, 6) is 0. The Bertz CT molecular complexity index is 486. The molecule has 0 aliphatic rings. The quantitative estimate of drug-likeness (QED) is 0.747. The van der Waals surface area contributed by atoms with Crippen LogP contribution in [0.25, 0.3) is 10.3 Å². The van der Waals surface area contributed by atoms with Crippen LogP contribution in [0.1, 0.15) is 0 Å². The van der Waals surface area contributed by atoms with E-state index >= 15 is 0 Å². The van der Waals surface area contributed by atoms with Gasteiger partial charge in [0, 0.05) is 4.47 Å². The molecule has 12 heavy (non-hydrogen) atoms. The molecule has 0 fully saturated rings. The third-order valence-electron chi connectivity index (χ3n) is 1.35. The molecule has 0 radical (unpaired) electrons. The Morgan fingerprint density at radius 1 is 1.33 bits per heavy atom. The molecule has 0 N–H and O–H groups in total. The monoisotopic (exact) mass is 308 g/mol. The molecular formula is C7H2Br2O2S. The summed E-state index contributed by atoms with van der Waals surface area (Å²) in [6.45, 7) is 0. The van der Waals surface area contributed by atoms with Crippen molar-refractivity contribution in [1.29, 1.82) is 0 Å². The molecule has 1 aromatic carbocycles. The molecule has 0 saturated heterocycles. The molecule has 0 atom stereocenters. The van der Waals surface area contributed by atoms with Gasteiger partial charge in [-0.05, 0) is 28.1 Å². The van der Waals surface area contributed by atoms with Crippen LogP contribution >= 0.6 is 43.2 Å². The Morgan fingerprint density at radius 3 is 2.83 bits per heavy atom. The van der Waals surface area contributed by atoms with Crippen LogP contribution in [0.15, 0.2) is 30.3 Å². The first-order valence-corrected chi connectivity index (χ1v) is 5.46. The molecule has 2 rings (SSSR count). The van der Waals surface area contributed by atoms with Gasteiger partial charge in [0.2, 0.25) is 0 Å². The van der Waals surface area contributed by atoms with Gasteiger partial charge >= 0.3 is 4.94 Å². The van der Waals surface area contributed by atoms with Gasteiger partial charge in [-0.2, -0.15) is 0 Å². The first kappa shape index (κ1) is 8.47. The van der Waals surface area contributed by atoms with E-state index in [1.165, 1.54) is 0 Å². The molecule has 5 heteroatoms. The van der Waals surface area contributed by atoms with Crippen LogP contribution in [-0.4, -0.2) is 0 Å². The minimum atomic E-state index is -0.274. The van der Waals surface area contributed by atoms with E-state index in [2.05, 4.69) is 31.9 Å². The van der Waals surface area contributed by atoms with E-state index in [1.807, 2.05) is 12.1 Å². The summed E-state index contributed by atoms with van der Waals surface area (Å²) in [5, 5.41) is 0. The smallest absolute Gasteiger partial charge is 0.396 e. The Labute approximate surface area is 88.5 Å². The van der Waals surface area contributed by atoms with Gasteiger partial charge in [0.15, 0.2) is 5.58 Å². The van der Waals surface area contributed by atoms with Crippen LogP contribution in [0.4, 0.5) is 0 Å². The summed E-state index contributed by atoms with van der Waals surface area (Å²) in [5.41, 5.74) is 0.619. The highest BCUT2D eigenvalue weighted by molar-refractivity contribution is 9.11. The lowest BCUT2D eigenvalue weighted by Gasteiger charge is -1.91. The van der Waals surface area contributed by atoms with Gasteiger partial charge in [-0.1, -0.05) is 27.3 Å². The van der Waals surface area contributed by atoms with Crippen molar-refractivity contribution in [3.05, 3.63) is 30.8 Å². The lowest BCUT2D eigenvalue weighted by Crippen LogP contribution is -1.79. The molecule has 0 aliphatic heterocycles. The fourth-order valence-corrected chi connectivity index (χ4v) is 3.23. The second kappa shape index (κ2) is 2.97. The van der Waals surface area contributed by atoms with Gasteiger partial charge in [0.05, 0.1) is 9.17 Å². The molecule has 0 unspecified atom stereocenters. The molecular weight excluding hydrogens is 308 g/mol. The lowest BCUT2D eigenvalue weighted by atomic mass is 10.3. The molecule has 1 aromatic heterocycles. The minimum absolute atomic E-state index is 0.274. The van der Waals surface area contributed by atoms with Crippen molar-refractivity contribution in [2.45, 2.75) is 0 Å². The fraction of sp³-hybridized carbons (Fsp3) is 0. The summed E-state index contributed by atoms with van der Waals surface area (Å²) in [4.78, 5) is 10.6. The van der Waals surface area contributed by atoms with Gasteiger partial charge < -0.3 is 4.42 Å². The minimum Gasteiger partial charge on any atom is -0.413 e. The average Bonchev–Trinajstić information content (AvgIpc) is 2.29. The zero-order valence-electron chi connectivity index (χ0n) is 5.64. The molecule has 62 valence electrons. The number of halogens is 2. The molecule has 0 bridgehead atoms. The molecule has 2 aromatic rings. The molecule has 2 nitrogen and oxygen atoms in total. The zero-order chi connectivity index (χ0) is 8.72. The number of benzene rings is 1. The van der Waals surface area contributed by atoms with Crippen molar-refractivity contribution in [2.24, 2.45) is 0 Å². The normalized spacial score (nSPS) is 10.8. The van der Waals surface area contributed by atoms with Crippen LogP contribution in [0, 0.1) is 0 Å². The highest BCUT2D eigenvalue weighted by Crippen LogP contribution is 2.29. The molecule has 1 heterocycles. The van der Waals surface area contributed by atoms with Crippen molar-refractivity contribution < 1.29 is 4.42 Å². The van der Waals surface area contributed by atoms with Crippen LogP contribution in [0.2, 0.25) is 0 Å². The van der Waals surface area contributed by atoms with E-state index in [0.29, 0.717) is 5.58 Å². The van der Waals surface area contributed by atoms with Gasteiger partial charge in [0.1, 0.15) is 0 Å². The van der Waals surface area contributed by atoms with Crippen molar-refractivity contribution in [3.8, 4) is 0 Å². The number of fused-ring (bicyclic) bond motifs is 1. The molecule has 0 aliphatic carbocycles. The van der Waals surface area contributed by atoms with E-state index in [0.717, 1.165) is 25.0 Å². The Morgan fingerprint density at radius 2 is 2.08 bits per heavy atom. The first-order valence-electron chi connectivity index (χ1n) is 3.05. The third kappa shape index (κ3) is 1.36. The van der Waals surface area contributed by atoms with E-state index in [4.69, 9.17) is 4.42 Å². The topological polar surface area (TPSA) is 30.2 Å². The zero-order valence-corrected chi connectivity index (χ0v) is 9.62. The lowest BCUT2D eigenvalue weighted by molar-refractivity contribution is 0.584. The van der Waals surface area contributed by atoms with Crippen molar-refractivity contribution in [2.75, 3.05) is 0 Å². The van der Waals surface area contributed by atoms with Gasteiger partial charge in [-0.15, -0.1) is 0 Å². The van der Waals surface area contributed by atoms with E-state index in [9.17, 15) is 4.79 Å². The number of rotatable bonds is 0. The SMILES string of the molecule is O=c1oc2c(Br)cc(Br)cc2s1. The third-order valence-corrected chi connectivity index (χ3v) is 3.17. The fourth-order valence-electron chi connectivity index (χ4n) is 0.906.